The lowest BCUT2D eigenvalue weighted by Crippen LogP contribution is -2.66. The second-order valence-corrected chi connectivity index (χ2v) is 16.1. The SMILES string of the molecule is C[C@@H]1O[C@@H](O[C@@H]2[C@@H](OCc3ccccc3)[C@@H](OCc3ccccc3)O[C@@H](CO)[C@H]2OCc2ccccc2)[C@H](OCc2ccccc2)[C@@H](OCc2ccccc2)[C@H]1OCc1ccccc1. The zero-order chi connectivity index (χ0) is 43.8. The van der Waals surface area contributed by atoms with Crippen LogP contribution in [0.3, 0.4) is 0 Å². The molecule has 2 fully saturated rings. The molecule has 0 spiro atoms. The van der Waals surface area contributed by atoms with Crippen molar-refractivity contribution in [2.75, 3.05) is 6.61 Å². The van der Waals surface area contributed by atoms with Crippen LogP contribution >= 0.6 is 0 Å². The van der Waals surface area contributed by atoms with Gasteiger partial charge in [-0.1, -0.05) is 182 Å². The fourth-order valence-electron chi connectivity index (χ4n) is 8.11. The van der Waals surface area contributed by atoms with Gasteiger partial charge in [0.2, 0.25) is 0 Å². The average Bonchev–Trinajstić information content (AvgIpc) is 3.35. The van der Waals surface area contributed by atoms with Crippen LogP contribution in [-0.2, 0) is 82.3 Å². The molecule has 10 atom stereocenters. The van der Waals surface area contributed by atoms with E-state index in [2.05, 4.69) is 0 Å². The molecule has 0 radical (unpaired) electrons. The Hall–Kier alpha value is -5.08. The monoisotopic (exact) mass is 866 g/mol. The van der Waals surface area contributed by atoms with E-state index in [9.17, 15) is 5.11 Å². The fraction of sp³-hybridized carbons (Fsp3) is 0.333. The molecule has 8 rings (SSSR count). The Balaban J connectivity index is 1.16. The van der Waals surface area contributed by atoms with Crippen molar-refractivity contribution in [3.8, 4) is 0 Å². The number of aliphatic hydroxyl groups is 1. The molecule has 10 nitrogen and oxygen atoms in total. The number of ether oxygens (including phenoxy) is 9. The van der Waals surface area contributed by atoms with Crippen molar-refractivity contribution >= 4 is 0 Å². The highest BCUT2D eigenvalue weighted by molar-refractivity contribution is 5.18. The molecule has 0 aliphatic carbocycles. The molecule has 2 aliphatic rings. The first kappa shape index (κ1) is 45.5. The molecule has 6 aromatic carbocycles. The zero-order valence-corrected chi connectivity index (χ0v) is 36.2. The van der Waals surface area contributed by atoms with Crippen LogP contribution in [0.2, 0.25) is 0 Å². The first-order valence-corrected chi connectivity index (χ1v) is 22.1. The van der Waals surface area contributed by atoms with Gasteiger partial charge in [-0.25, -0.2) is 0 Å². The van der Waals surface area contributed by atoms with Crippen molar-refractivity contribution < 1.29 is 47.7 Å². The Bertz CT molecular complexity index is 2190. The molecule has 1 N–H and O–H groups in total. The molecule has 2 aliphatic heterocycles. The minimum atomic E-state index is -1.03. The van der Waals surface area contributed by atoms with Gasteiger partial charge in [0.25, 0.3) is 0 Å². The smallest absolute Gasteiger partial charge is 0.187 e. The minimum Gasteiger partial charge on any atom is -0.394 e. The lowest BCUT2D eigenvalue weighted by atomic mass is 9.96. The van der Waals surface area contributed by atoms with Crippen LogP contribution in [0.1, 0.15) is 40.3 Å². The Morgan fingerprint density at radius 2 is 0.656 bits per heavy atom. The highest BCUT2D eigenvalue weighted by Crippen LogP contribution is 2.37. The number of rotatable bonds is 21. The quantitative estimate of drug-likeness (QED) is 0.0755. The van der Waals surface area contributed by atoms with Gasteiger partial charge in [-0.15, -0.1) is 0 Å². The lowest BCUT2D eigenvalue weighted by molar-refractivity contribution is -0.376. The fourth-order valence-corrected chi connectivity index (χ4v) is 8.11. The Morgan fingerprint density at radius 1 is 0.344 bits per heavy atom. The molecule has 0 bridgehead atoms. The minimum absolute atomic E-state index is 0.222. The normalized spacial score (nSPS) is 25.8. The van der Waals surface area contributed by atoms with Gasteiger partial charge < -0.3 is 47.7 Å². The van der Waals surface area contributed by atoms with Gasteiger partial charge >= 0.3 is 0 Å². The molecule has 2 heterocycles. The van der Waals surface area contributed by atoms with Crippen LogP contribution in [0, 0.1) is 0 Å². The number of hydrogen-bond acceptors (Lipinski definition) is 10. The van der Waals surface area contributed by atoms with Crippen LogP contribution in [0.5, 0.6) is 0 Å². The highest BCUT2D eigenvalue weighted by Gasteiger charge is 2.54. The Morgan fingerprint density at radius 3 is 1.03 bits per heavy atom. The van der Waals surface area contributed by atoms with Crippen molar-refractivity contribution in [3.05, 3.63) is 215 Å². The molecule has 334 valence electrons. The number of aliphatic hydroxyl groups excluding tert-OH is 1. The third kappa shape index (κ3) is 12.6. The summed E-state index contributed by atoms with van der Waals surface area (Å²) in [6.45, 7) is 3.16. The summed E-state index contributed by atoms with van der Waals surface area (Å²) in [7, 11) is 0. The first-order chi connectivity index (χ1) is 31.6. The maximum atomic E-state index is 11.0. The van der Waals surface area contributed by atoms with E-state index in [0.29, 0.717) is 13.2 Å². The summed E-state index contributed by atoms with van der Waals surface area (Å²) < 4.78 is 61.6. The Labute approximate surface area is 376 Å². The van der Waals surface area contributed by atoms with Crippen LogP contribution in [0.25, 0.3) is 0 Å². The van der Waals surface area contributed by atoms with E-state index in [-0.39, 0.29) is 33.0 Å². The largest absolute Gasteiger partial charge is 0.394 e. The zero-order valence-electron chi connectivity index (χ0n) is 36.2. The third-order valence-electron chi connectivity index (χ3n) is 11.5. The first-order valence-electron chi connectivity index (χ1n) is 22.1. The van der Waals surface area contributed by atoms with E-state index in [1.54, 1.807) is 0 Å². The maximum absolute atomic E-state index is 11.0. The van der Waals surface area contributed by atoms with E-state index < -0.39 is 61.4 Å². The molecule has 10 heteroatoms. The number of benzene rings is 6. The van der Waals surface area contributed by atoms with Gasteiger partial charge in [0.05, 0.1) is 52.4 Å². The molecule has 0 aromatic heterocycles. The second kappa shape index (κ2) is 23.7. The Kier molecular flexibility index (Phi) is 16.9. The molecular formula is C54H58O10. The maximum Gasteiger partial charge on any atom is 0.187 e. The molecular weight excluding hydrogens is 809 g/mol. The van der Waals surface area contributed by atoms with Gasteiger partial charge in [-0.05, 0) is 40.3 Å². The second-order valence-electron chi connectivity index (χ2n) is 16.1. The van der Waals surface area contributed by atoms with Crippen molar-refractivity contribution in [2.24, 2.45) is 0 Å². The lowest BCUT2D eigenvalue weighted by Gasteiger charge is -2.50. The molecule has 0 unspecified atom stereocenters. The predicted molar refractivity (Wildman–Crippen MR) is 241 cm³/mol. The van der Waals surface area contributed by atoms with Crippen molar-refractivity contribution in [2.45, 2.75) is 108 Å². The predicted octanol–water partition coefficient (Wildman–Crippen LogP) is 8.98. The number of hydrogen-bond donors (Lipinski definition) is 1. The van der Waals surface area contributed by atoms with Crippen LogP contribution in [0.15, 0.2) is 182 Å². The van der Waals surface area contributed by atoms with Crippen molar-refractivity contribution in [1.82, 2.24) is 0 Å². The van der Waals surface area contributed by atoms with E-state index >= 15 is 0 Å². The third-order valence-corrected chi connectivity index (χ3v) is 11.5. The average molecular weight is 867 g/mol. The van der Waals surface area contributed by atoms with E-state index in [4.69, 9.17) is 42.6 Å². The summed E-state index contributed by atoms with van der Waals surface area (Å²) in [5, 5.41) is 11.0. The van der Waals surface area contributed by atoms with Crippen molar-refractivity contribution in [3.63, 3.8) is 0 Å². The summed E-state index contributed by atoms with van der Waals surface area (Å²) in [5.41, 5.74) is 5.84. The highest BCUT2D eigenvalue weighted by atomic mass is 16.8. The molecule has 6 aromatic rings. The van der Waals surface area contributed by atoms with E-state index in [1.807, 2.05) is 189 Å². The van der Waals surface area contributed by atoms with E-state index in [0.717, 1.165) is 33.4 Å². The molecule has 2 saturated heterocycles. The van der Waals surface area contributed by atoms with Gasteiger partial charge in [-0.2, -0.15) is 0 Å². The van der Waals surface area contributed by atoms with Gasteiger partial charge in [0.15, 0.2) is 12.6 Å². The van der Waals surface area contributed by atoms with E-state index in [1.165, 1.54) is 0 Å². The summed E-state index contributed by atoms with van der Waals surface area (Å²) in [6.07, 6.45) is -8.02. The summed E-state index contributed by atoms with van der Waals surface area (Å²) in [4.78, 5) is 0. The molecule has 0 amide bonds. The van der Waals surface area contributed by atoms with Crippen molar-refractivity contribution in [1.29, 1.82) is 0 Å². The molecule has 0 saturated carbocycles. The van der Waals surface area contributed by atoms with Gasteiger partial charge in [0, 0.05) is 0 Å². The summed E-state index contributed by atoms with van der Waals surface area (Å²) in [5.74, 6) is 0. The van der Waals surface area contributed by atoms with Gasteiger partial charge in [0.1, 0.15) is 42.7 Å². The molecule has 64 heavy (non-hydrogen) atoms. The van der Waals surface area contributed by atoms with Crippen LogP contribution in [0.4, 0.5) is 0 Å². The van der Waals surface area contributed by atoms with Crippen LogP contribution < -0.4 is 0 Å². The summed E-state index contributed by atoms with van der Waals surface area (Å²) in [6, 6.07) is 59.7. The summed E-state index contributed by atoms with van der Waals surface area (Å²) >= 11 is 0. The standard InChI is InChI=1S/C54H58O10/c1-39-47(56-33-40-20-8-2-9-21-40)49(58-35-42-24-12-4-13-25-42)51(59-36-43-26-14-5-15-27-43)54(62-39)64-50-48(57-34-41-22-10-3-11-23-41)46(32-55)63-53(61-38-45-30-18-7-19-31-45)52(50)60-37-44-28-16-6-17-29-44/h2-31,39,46-55H,32-38H2,1H3/t39-,46-,47-,48+,49-,50-,51+,52+,53-,54-/m0/s1. The van der Waals surface area contributed by atoms with Gasteiger partial charge in [-0.3, -0.25) is 0 Å². The van der Waals surface area contributed by atoms with Crippen LogP contribution in [-0.4, -0.2) is 73.1 Å². The topological polar surface area (TPSA) is 103 Å².